The van der Waals surface area contributed by atoms with Crippen molar-refractivity contribution in [2.45, 2.75) is 13.8 Å². The third-order valence-electron chi connectivity index (χ3n) is 3.10. The molecule has 0 fully saturated rings. The maximum atomic E-state index is 13.9. The van der Waals surface area contributed by atoms with E-state index in [4.69, 9.17) is 18.0 Å². The lowest BCUT2D eigenvalue weighted by Crippen LogP contribution is -2.21. The summed E-state index contributed by atoms with van der Waals surface area (Å²) in [5.41, 5.74) is 8.67. The number of anilines is 2. The number of halogens is 1. The summed E-state index contributed by atoms with van der Waals surface area (Å²) in [4.78, 5) is 6.39. The Balaban J connectivity index is 2.63. The first-order chi connectivity index (χ1) is 9.41. The highest BCUT2D eigenvalue weighted by atomic mass is 32.1. The van der Waals surface area contributed by atoms with Crippen molar-refractivity contribution < 1.29 is 4.39 Å². The normalized spacial score (nSPS) is 10.4. The van der Waals surface area contributed by atoms with Crippen molar-refractivity contribution in [3.8, 4) is 0 Å². The molecule has 0 amide bonds. The van der Waals surface area contributed by atoms with E-state index >= 15 is 0 Å². The van der Waals surface area contributed by atoms with Gasteiger partial charge in [-0.05, 0) is 37.6 Å². The van der Waals surface area contributed by atoms with Crippen molar-refractivity contribution >= 4 is 28.7 Å². The van der Waals surface area contributed by atoms with Gasteiger partial charge in [0.05, 0.1) is 11.3 Å². The molecular weight excluding hydrogens is 273 g/mol. The van der Waals surface area contributed by atoms with Gasteiger partial charge in [-0.1, -0.05) is 24.4 Å². The molecule has 20 heavy (non-hydrogen) atoms. The molecule has 0 spiro atoms. The van der Waals surface area contributed by atoms with Crippen LogP contribution in [-0.4, -0.2) is 17.0 Å². The summed E-state index contributed by atoms with van der Waals surface area (Å²) in [6.07, 6.45) is 0. The first kappa shape index (κ1) is 14.4. The molecule has 0 aliphatic carbocycles. The molecule has 2 N–H and O–H groups in total. The average Bonchev–Trinajstić information content (AvgIpc) is 2.37. The second-order valence-electron chi connectivity index (χ2n) is 4.65. The zero-order chi connectivity index (χ0) is 14.9. The van der Waals surface area contributed by atoms with Gasteiger partial charge in [-0.25, -0.2) is 9.37 Å². The van der Waals surface area contributed by atoms with Crippen molar-refractivity contribution in [3.63, 3.8) is 0 Å². The summed E-state index contributed by atoms with van der Waals surface area (Å²) in [6, 6.07) is 8.44. The lowest BCUT2D eigenvalue weighted by molar-refractivity contribution is 0.627. The lowest BCUT2D eigenvalue weighted by atomic mass is 10.1. The summed E-state index contributed by atoms with van der Waals surface area (Å²) < 4.78 is 13.9. The Kier molecular flexibility index (Phi) is 3.99. The van der Waals surface area contributed by atoms with Gasteiger partial charge in [0.2, 0.25) is 0 Å². The molecule has 0 aliphatic heterocycles. The molecular formula is C15H16FN3S. The number of benzene rings is 1. The van der Waals surface area contributed by atoms with E-state index in [2.05, 4.69) is 4.98 Å². The number of aromatic nitrogens is 1. The third-order valence-corrected chi connectivity index (χ3v) is 3.31. The predicted octanol–water partition coefficient (Wildman–Crippen LogP) is 3.24. The van der Waals surface area contributed by atoms with E-state index in [1.807, 2.05) is 19.9 Å². The third kappa shape index (κ3) is 2.63. The molecule has 0 aliphatic rings. The zero-order valence-corrected chi connectivity index (χ0v) is 12.5. The van der Waals surface area contributed by atoms with E-state index in [-0.39, 0.29) is 10.8 Å². The largest absolute Gasteiger partial charge is 0.389 e. The van der Waals surface area contributed by atoms with E-state index in [1.54, 1.807) is 30.1 Å². The van der Waals surface area contributed by atoms with Gasteiger partial charge in [0.25, 0.3) is 0 Å². The maximum absolute atomic E-state index is 13.9. The number of para-hydroxylation sites is 1. The van der Waals surface area contributed by atoms with Crippen LogP contribution in [0.2, 0.25) is 0 Å². The molecule has 0 saturated carbocycles. The molecule has 0 unspecified atom stereocenters. The minimum atomic E-state index is -0.315. The zero-order valence-electron chi connectivity index (χ0n) is 11.6. The molecule has 3 nitrogen and oxygen atoms in total. The number of nitrogens with two attached hydrogens (primary N) is 1. The van der Waals surface area contributed by atoms with E-state index in [0.717, 1.165) is 11.3 Å². The van der Waals surface area contributed by atoms with Crippen LogP contribution in [0.5, 0.6) is 0 Å². The summed E-state index contributed by atoms with van der Waals surface area (Å²) in [5.74, 6) is 0.255. The molecule has 1 aromatic heterocycles. The number of hydrogen-bond donors (Lipinski definition) is 1. The topological polar surface area (TPSA) is 42.1 Å². The quantitative estimate of drug-likeness (QED) is 0.881. The second-order valence-corrected chi connectivity index (χ2v) is 5.09. The summed E-state index contributed by atoms with van der Waals surface area (Å²) in [7, 11) is 1.75. The van der Waals surface area contributed by atoms with Crippen molar-refractivity contribution in [1.29, 1.82) is 0 Å². The van der Waals surface area contributed by atoms with E-state index in [0.29, 0.717) is 17.1 Å². The Morgan fingerprint density at radius 2 is 1.95 bits per heavy atom. The Bertz CT molecular complexity index is 670. The van der Waals surface area contributed by atoms with Gasteiger partial charge in [0.15, 0.2) is 0 Å². The highest BCUT2D eigenvalue weighted by Gasteiger charge is 2.18. The maximum Gasteiger partial charge on any atom is 0.146 e. The molecule has 0 atom stereocenters. The Hall–Kier alpha value is -2.01. The number of pyridine rings is 1. The van der Waals surface area contributed by atoms with Gasteiger partial charge in [-0.3, -0.25) is 0 Å². The smallest absolute Gasteiger partial charge is 0.146 e. The molecule has 5 heteroatoms. The van der Waals surface area contributed by atoms with E-state index in [9.17, 15) is 4.39 Å². The van der Waals surface area contributed by atoms with Crippen molar-refractivity contribution in [3.05, 3.63) is 53.0 Å². The Morgan fingerprint density at radius 1 is 1.30 bits per heavy atom. The van der Waals surface area contributed by atoms with Crippen LogP contribution in [0.4, 0.5) is 15.9 Å². The van der Waals surface area contributed by atoms with Crippen LogP contribution in [0, 0.1) is 19.7 Å². The highest BCUT2D eigenvalue weighted by Crippen LogP contribution is 2.29. The van der Waals surface area contributed by atoms with Crippen molar-refractivity contribution in [2.75, 3.05) is 11.9 Å². The van der Waals surface area contributed by atoms with Gasteiger partial charge in [0.1, 0.15) is 16.6 Å². The van der Waals surface area contributed by atoms with Gasteiger partial charge in [-0.15, -0.1) is 0 Å². The minimum absolute atomic E-state index is 0.258. The van der Waals surface area contributed by atoms with Gasteiger partial charge in [0, 0.05) is 12.7 Å². The number of nitrogens with zero attached hydrogens (tertiary/aromatic N) is 2. The molecule has 2 rings (SSSR count). The molecule has 1 aromatic carbocycles. The standard InChI is InChI=1S/C15H16FN3S/c1-9-8-10(2)18-15(13(9)14(17)20)19(3)12-7-5-4-6-11(12)16/h4-8H,1-3H3,(H2,17,20). The van der Waals surface area contributed by atoms with Crippen LogP contribution in [0.15, 0.2) is 30.3 Å². The molecule has 0 bridgehead atoms. The second kappa shape index (κ2) is 5.54. The van der Waals surface area contributed by atoms with Gasteiger partial charge >= 0.3 is 0 Å². The van der Waals surface area contributed by atoms with Gasteiger partial charge < -0.3 is 10.6 Å². The van der Waals surface area contributed by atoms with E-state index in [1.165, 1.54) is 6.07 Å². The number of rotatable bonds is 3. The predicted molar refractivity (Wildman–Crippen MR) is 84.1 cm³/mol. The Morgan fingerprint density at radius 3 is 2.55 bits per heavy atom. The van der Waals surface area contributed by atoms with Crippen molar-refractivity contribution in [2.24, 2.45) is 5.73 Å². The SMILES string of the molecule is Cc1cc(C)c(C(N)=S)c(N(C)c2ccccc2F)n1. The first-order valence-corrected chi connectivity index (χ1v) is 6.59. The van der Waals surface area contributed by atoms with Crippen LogP contribution in [-0.2, 0) is 0 Å². The minimum Gasteiger partial charge on any atom is -0.389 e. The van der Waals surface area contributed by atoms with Crippen molar-refractivity contribution in [1.82, 2.24) is 4.98 Å². The fourth-order valence-electron chi connectivity index (χ4n) is 2.20. The monoisotopic (exact) mass is 289 g/mol. The van der Waals surface area contributed by atoms with Crippen LogP contribution in [0.25, 0.3) is 0 Å². The first-order valence-electron chi connectivity index (χ1n) is 6.18. The molecule has 0 saturated heterocycles. The average molecular weight is 289 g/mol. The van der Waals surface area contributed by atoms with Crippen LogP contribution in [0.1, 0.15) is 16.8 Å². The molecule has 104 valence electrons. The fraction of sp³-hybridized carbons (Fsp3) is 0.200. The molecule has 1 heterocycles. The van der Waals surface area contributed by atoms with Gasteiger partial charge in [-0.2, -0.15) is 0 Å². The Labute approximate surface area is 123 Å². The molecule has 0 radical (unpaired) electrons. The van der Waals surface area contributed by atoms with Crippen LogP contribution >= 0.6 is 12.2 Å². The highest BCUT2D eigenvalue weighted by molar-refractivity contribution is 7.80. The van der Waals surface area contributed by atoms with Crippen LogP contribution < -0.4 is 10.6 Å². The lowest BCUT2D eigenvalue weighted by Gasteiger charge is -2.23. The number of hydrogen-bond acceptors (Lipinski definition) is 3. The fourth-order valence-corrected chi connectivity index (χ4v) is 2.45. The van der Waals surface area contributed by atoms with E-state index < -0.39 is 0 Å². The summed E-state index contributed by atoms with van der Waals surface area (Å²) in [6.45, 7) is 3.80. The number of aryl methyl sites for hydroxylation is 2. The summed E-state index contributed by atoms with van der Waals surface area (Å²) in [5, 5.41) is 0. The number of thiocarbonyl (C=S) groups is 1. The molecule has 2 aromatic rings. The summed E-state index contributed by atoms with van der Waals surface area (Å²) >= 11 is 5.10. The van der Waals surface area contributed by atoms with Crippen LogP contribution in [0.3, 0.4) is 0 Å².